The van der Waals surface area contributed by atoms with Gasteiger partial charge in [0.25, 0.3) is 5.56 Å². The summed E-state index contributed by atoms with van der Waals surface area (Å²) in [6, 6.07) is 11.6. The van der Waals surface area contributed by atoms with Crippen molar-refractivity contribution < 1.29 is 17.7 Å². The highest BCUT2D eigenvalue weighted by Crippen LogP contribution is 2.22. The van der Waals surface area contributed by atoms with Crippen LogP contribution in [0.4, 0.5) is 0 Å². The molecule has 0 saturated heterocycles. The lowest BCUT2D eigenvalue weighted by Gasteiger charge is -2.18. The fraction of sp³-hybridized carbons (Fsp3) is 0.300. The number of nitrogens with zero attached hydrogens (tertiary/aromatic N) is 3. The second-order valence-electron chi connectivity index (χ2n) is 6.33. The normalized spacial score (nSPS) is 11.7. The highest BCUT2D eigenvalue weighted by atomic mass is 32.2. The third-order valence-corrected chi connectivity index (χ3v) is 6.60. The molecule has 0 N–H and O–H groups in total. The second-order valence-corrected chi connectivity index (χ2v) is 8.27. The van der Waals surface area contributed by atoms with Crippen molar-refractivity contribution in [3.63, 3.8) is 0 Å². The van der Waals surface area contributed by atoms with Crippen LogP contribution in [0.15, 0.2) is 62.9 Å². The molecule has 2 heterocycles. The third-order valence-electron chi connectivity index (χ3n) is 4.57. The average Bonchev–Trinajstić information content (AvgIpc) is 3.19. The molecule has 0 saturated carbocycles. The fourth-order valence-electron chi connectivity index (χ4n) is 2.95. The van der Waals surface area contributed by atoms with Crippen LogP contribution < -0.4 is 10.3 Å². The van der Waals surface area contributed by atoms with Gasteiger partial charge in [0.1, 0.15) is 11.4 Å². The number of hydrogen-bond acceptors (Lipinski definition) is 6. The molecule has 0 spiro atoms. The molecule has 29 heavy (non-hydrogen) atoms. The number of ether oxygens (including phenoxy) is 1. The van der Waals surface area contributed by atoms with Gasteiger partial charge in [-0.05, 0) is 30.3 Å². The Morgan fingerprint density at radius 2 is 1.79 bits per heavy atom. The molecule has 154 valence electrons. The minimum Gasteiger partial charge on any atom is -0.497 e. The topological polar surface area (TPSA) is 94.6 Å². The van der Waals surface area contributed by atoms with Gasteiger partial charge in [0, 0.05) is 37.0 Å². The van der Waals surface area contributed by atoms with E-state index < -0.39 is 10.0 Å². The lowest BCUT2D eigenvalue weighted by atomic mass is 10.1. The van der Waals surface area contributed by atoms with Gasteiger partial charge < -0.3 is 13.8 Å². The smallest absolute Gasteiger partial charge is 0.251 e. The number of sulfonamides is 1. The fourth-order valence-corrected chi connectivity index (χ4v) is 4.43. The Morgan fingerprint density at radius 1 is 1.10 bits per heavy atom. The van der Waals surface area contributed by atoms with E-state index >= 15 is 0 Å². The molecule has 0 bridgehead atoms. The second kappa shape index (κ2) is 8.62. The van der Waals surface area contributed by atoms with Gasteiger partial charge in [-0.1, -0.05) is 19.0 Å². The molecule has 0 aliphatic carbocycles. The number of hydrogen-bond donors (Lipinski definition) is 0. The molecule has 2 aromatic heterocycles. The highest BCUT2D eigenvalue weighted by molar-refractivity contribution is 7.89. The Hall–Kier alpha value is -2.91. The van der Waals surface area contributed by atoms with Gasteiger partial charge in [0.05, 0.1) is 18.6 Å². The Bertz CT molecular complexity index is 1130. The number of pyridine rings is 1. The van der Waals surface area contributed by atoms with Gasteiger partial charge in [-0.25, -0.2) is 8.42 Å². The predicted octanol–water partition coefficient (Wildman–Crippen LogP) is 2.59. The lowest BCUT2D eigenvalue weighted by molar-refractivity contribution is 0.376. The number of rotatable bonds is 8. The zero-order chi connectivity index (χ0) is 21.0. The Morgan fingerprint density at radius 3 is 2.41 bits per heavy atom. The predicted molar refractivity (Wildman–Crippen MR) is 108 cm³/mol. The largest absolute Gasteiger partial charge is 0.497 e. The SMILES string of the molecule is CCN(CC)S(=O)(=O)c1ccc(=O)n(Cc2cc(-c3ccc(OC)cc3)no2)c1. The number of aromatic nitrogens is 2. The molecule has 0 amide bonds. The molecule has 0 aliphatic rings. The van der Waals surface area contributed by atoms with Gasteiger partial charge >= 0.3 is 0 Å². The summed E-state index contributed by atoms with van der Waals surface area (Å²) >= 11 is 0. The average molecular weight is 417 g/mol. The lowest BCUT2D eigenvalue weighted by Crippen LogP contribution is -2.32. The Kier molecular flexibility index (Phi) is 6.19. The zero-order valence-corrected chi connectivity index (χ0v) is 17.3. The first-order valence-corrected chi connectivity index (χ1v) is 10.6. The number of benzene rings is 1. The summed E-state index contributed by atoms with van der Waals surface area (Å²) in [6.07, 6.45) is 1.34. The molecular weight excluding hydrogens is 394 g/mol. The van der Waals surface area contributed by atoms with E-state index in [1.54, 1.807) is 27.0 Å². The van der Waals surface area contributed by atoms with Gasteiger partial charge in [-0.3, -0.25) is 4.79 Å². The molecule has 0 aliphatic heterocycles. The van der Waals surface area contributed by atoms with Gasteiger partial charge in [-0.15, -0.1) is 0 Å². The van der Waals surface area contributed by atoms with Crippen LogP contribution in [0.5, 0.6) is 5.75 Å². The monoisotopic (exact) mass is 417 g/mol. The summed E-state index contributed by atoms with van der Waals surface area (Å²) in [5.41, 5.74) is 1.12. The number of methoxy groups -OCH3 is 1. The molecule has 0 fully saturated rings. The zero-order valence-electron chi connectivity index (χ0n) is 16.5. The van der Waals surface area contributed by atoms with E-state index in [-0.39, 0.29) is 17.0 Å². The summed E-state index contributed by atoms with van der Waals surface area (Å²) in [7, 11) is -2.07. The molecule has 3 aromatic rings. The molecule has 9 heteroatoms. The van der Waals surface area contributed by atoms with E-state index in [0.717, 1.165) is 11.3 Å². The van der Waals surface area contributed by atoms with Gasteiger partial charge in [0.2, 0.25) is 10.0 Å². The Balaban J connectivity index is 1.87. The van der Waals surface area contributed by atoms with E-state index in [2.05, 4.69) is 5.16 Å². The van der Waals surface area contributed by atoms with Crippen molar-refractivity contribution in [3.05, 3.63) is 64.8 Å². The molecular formula is C20H23N3O5S. The van der Waals surface area contributed by atoms with Crippen LogP contribution in [0.2, 0.25) is 0 Å². The van der Waals surface area contributed by atoms with Crippen molar-refractivity contribution in [1.82, 2.24) is 14.0 Å². The van der Waals surface area contributed by atoms with E-state index in [1.807, 2.05) is 24.3 Å². The summed E-state index contributed by atoms with van der Waals surface area (Å²) < 4.78 is 38.6. The molecule has 8 nitrogen and oxygen atoms in total. The minimum atomic E-state index is -3.66. The van der Waals surface area contributed by atoms with Crippen LogP contribution in [0.25, 0.3) is 11.3 Å². The molecule has 3 rings (SSSR count). The van der Waals surface area contributed by atoms with Crippen LogP contribution in [-0.2, 0) is 16.6 Å². The summed E-state index contributed by atoms with van der Waals surface area (Å²) in [5, 5.41) is 4.04. The summed E-state index contributed by atoms with van der Waals surface area (Å²) in [6.45, 7) is 4.32. The van der Waals surface area contributed by atoms with Crippen molar-refractivity contribution >= 4 is 10.0 Å². The van der Waals surface area contributed by atoms with Crippen molar-refractivity contribution in [2.45, 2.75) is 25.3 Å². The van der Waals surface area contributed by atoms with Crippen LogP contribution in [0, 0.1) is 0 Å². The van der Waals surface area contributed by atoms with E-state index in [0.29, 0.717) is 24.5 Å². The molecule has 0 radical (unpaired) electrons. The Labute approximate surface area is 169 Å². The van der Waals surface area contributed by atoms with Crippen molar-refractivity contribution in [1.29, 1.82) is 0 Å². The first-order valence-electron chi connectivity index (χ1n) is 9.19. The first kappa shape index (κ1) is 20.8. The van der Waals surface area contributed by atoms with Crippen LogP contribution in [0.3, 0.4) is 0 Å². The van der Waals surface area contributed by atoms with Gasteiger partial charge in [-0.2, -0.15) is 4.31 Å². The van der Waals surface area contributed by atoms with Crippen molar-refractivity contribution in [2.24, 2.45) is 0 Å². The van der Waals surface area contributed by atoms with E-state index in [1.165, 1.54) is 27.2 Å². The molecule has 1 aromatic carbocycles. The standard InChI is InChI=1S/C20H23N3O5S/c1-4-23(5-2)29(25,26)18-10-11-20(24)22(14-18)13-17-12-19(21-28-17)15-6-8-16(27-3)9-7-15/h6-12,14H,4-5,13H2,1-3H3. The maximum Gasteiger partial charge on any atom is 0.251 e. The molecule has 0 unspecified atom stereocenters. The summed E-state index contributed by atoms with van der Waals surface area (Å²) in [4.78, 5) is 12.3. The van der Waals surface area contributed by atoms with Crippen LogP contribution in [0.1, 0.15) is 19.6 Å². The highest BCUT2D eigenvalue weighted by Gasteiger charge is 2.22. The maximum absolute atomic E-state index is 12.7. The van der Waals surface area contributed by atoms with Gasteiger partial charge in [0.15, 0.2) is 5.76 Å². The first-order chi connectivity index (χ1) is 13.9. The van der Waals surface area contributed by atoms with Crippen LogP contribution >= 0.6 is 0 Å². The quantitative estimate of drug-likeness (QED) is 0.559. The van der Waals surface area contributed by atoms with Crippen molar-refractivity contribution in [3.8, 4) is 17.0 Å². The van der Waals surface area contributed by atoms with Crippen molar-refractivity contribution in [2.75, 3.05) is 20.2 Å². The summed E-state index contributed by atoms with van der Waals surface area (Å²) in [5.74, 6) is 1.17. The minimum absolute atomic E-state index is 0.0655. The van der Waals surface area contributed by atoms with Crippen LogP contribution in [-0.4, -0.2) is 42.6 Å². The third kappa shape index (κ3) is 4.41. The maximum atomic E-state index is 12.7. The van der Waals surface area contributed by atoms with E-state index in [9.17, 15) is 13.2 Å². The van der Waals surface area contributed by atoms with E-state index in [4.69, 9.17) is 9.26 Å². The molecule has 0 atom stereocenters.